The molecule has 2 aromatic carbocycles. The first kappa shape index (κ1) is 16.3. The van der Waals surface area contributed by atoms with Crippen molar-refractivity contribution in [3.8, 4) is 28.3 Å². The summed E-state index contributed by atoms with van der Waals surface area (Å²) in [6.07, 6.45) is 0. The van der Waals surface area contributed by atoms with Crippen molar-refractivity contribution in [2.75, 3.05) is 5.73 Å². The summed E-state index contributed by atoms with van der Waals surface area (Å²) in [5.41, 5.74) is 10.2. The molecule has 3 rings (SSSR count). The minimum Gasteiger partial charge on any atom is -0.383 e. The van der Waals surface area contributed by atoms with Crippen molar-refractivity contribution in [2.45, 2.75) is 6.92 Å². The van der Waals surface area contributed by atoms with Crippen molar-refractivity contribution in [2.24, 2.45) is 0 Å². The Hall–Kier alpha value is -2.54. The minimum absolute atomic E-state index is 0.190. The summed E-state index contributed by atoms with van der Waals surface area (Å²) in [7, 11) is 0. The van der Waals surface area contributed by atoms with E-state index in [2.05, 4.69) is 11.1 Å². The monoisotopic (exact) mass is 353 g/mol. The number of pyridine rings is 1. The molecular weight excluding hydrogens is 341 g/mol. The maximum absolute atomic E-state index is 9.63. The van der Waals surface area contributed by atoms with Crippen LogP contribution in [-0.4, -0.2) is 4.98 Å². The topological polar surface area (TPSA) is 62.7 Å². The van der Waals surface area contributed by atoms with Gasteiger partial charge >= 0.3 is 0 Å². The number of nitriles is 1. The minimum atomic E-state index is 0.190. The van der Waals surface area contributed by atoms with Crippen LogP contribution in [0.1, 0.15) is 11.3 Å². The standard InChI is InChI=1S/C19H13Cl2N3/c1-11-17(12-5-3-2-4-6-12)18(15(10-22)19(23)24-11)14-8-7-13(20)9-16(14)21/h2-9H,1H3,(H2,23,24). The van der Waals surface area contributed by atoms with Crippen LogP contribution < -0.4 is 5.73 Å². The highest BCUT2D eigenvalue weighted by atomic mass is 35.5. The van der Waals surface area contributed by atoms with Crippen molar-refractivity contribution in [1.29, 1.82) is 5.26 Å². The lowest BCUT2D eigenvalue weighted by Gasteiger charge is -2.17. The zero-order valence-corrected chi connectivity index (χ0v) is 14.4. The number of aryl methyl sites for hydroxylation is 1. The summed E-state index contributed by atoms with van der Waals surface area (Å²) in [6, 6.07) is 17.1. The smallest absolute Gasteiger partial charge is 0.142 e. The van der Waals surface area contributed by atoms with Crippen LogP contribution in [0.5, 0.6) is 0 Å². The Labute approximate surface area is 150 Å². The number of hydrogen-bond acceptors (Lipinski definition) is 3. The van der Waals surface area contributed by atoms with Crippen molar-refractivity contribution >= 4 is 29.0 Å². The fourth-order valence-corrected chi connectivity index (χ4v) is 3.26. The van der Waals surface area contributed by atoms with E-state index in [1.165, 1.54) is 0 Å². The van der Waals surface area contributed by atoms with Crippen LogP contribution in [0.4, 0.5) is 5.82 Å². The average molecular weight is 354 g/mol. The van der Waals surface area contributed by atoms with E-state index in [0.29, 0.717) is 26.7 Å². The fourth-order valence-electron chi connectivity index (χ4n) is 2.76. The Morgan fingerprint density at radius 1 is 1.04 bits per heavy atom. The lowest BCUT2D eigenvalue weighted by atomic mass is 9.90. The molecule has 0 fully saturated rings. The number of benzene rings is 2. The van der Waals surface area contributed by atoms with Gasteiger partial charge in [0.05, 0.1) is 0 Å². The van der Waals surface area contributed by atoms with Crippen molar-refractivity contribution < 1.29 is 0 Å². The molecule has 0 bridgehead atoms. The largest absolute Gasteiger partial charge is 0.383 e. The van der Waals surface area contributed by atoms with Gasteiger partial charge in [-0.3, -0.25) is 0 Å². The van der Waals surface area contributed by atoms with Crippen LogP contribution >= 0.6 is 23.2 Å². The molecule has 24 heavy (non-hydrogen) atoms. The van der Waals surface area contributed by atoms with Gasteiger partial charge in [0.25, 0.3) is 0 Å². The number of anilines is 1. The molecule has 1 heterocycles. The highest BCUT2D eigenvalue weighted by Gasteiger charge is 2.21. The zero-order chi connectivity index (χ0) is 17.3. The number of rotatable bonds is 2. The molecule has 0 aliphatic carbocycles. The predicted molar refractivity (Wildman–Crippen MR) is 99.0 cm³/mol. The van der Waals surface area contributed by atoms with E-state index < -0.39 is 0 Å². The lowest BCUT2D eigenvalue weighted by molar-refractivity contribution is 1.20. The Morgan fingerprint density at radius 2 is 1.75 bits per heavy atom. The SMILES string of the molecule is Cc1nc(N)c(C#N)c(-c2ccc(Cl)cc2Cl)c1-c1ccccc1. The van der Waals surface area contributed by atoms with Crippen molar-refractivity contribution in [3.63, 3.8) is 0 Å². The van der Waals surface area contributed by atoms with E-state index in [4.69, 9.17) is 28.9 Å². The Kier molecular flexibility index (Phi) is 4.44. The number of halogens is 2. The molecule has 0 amide bonds. The van der Waals surface area contributed by atoms with Gasteiger partial charge in [-0.15, -0.1) is 0 Å². The van der Waals surface area contributed by atoms with Crippen LogP contribution in [0.3, 0.4) is 0 Å². The number of nitrogens with zero attached hydrogens (tertiary/aromatic N) is 2. The van der Waals surface area contributed by atoms with E-state index >= 15 is 0 Å². The maximum atomic E-state index is 9.63. The van der Waals surface area contributed by atoms with Crippen molar-refractivity contribution in [1.82, 2.24) is 4.98 Å². The van der Waals surface area contributed by atoms with Crippen molar-refractivity contribution in [3.05, 3.63) is 69.8 Å². The van der Waals surface area contributed by atoms with E-state index in [9.17, 15) is 5.26 Å². The van der Waals surface area contributed by atoms with Gasteiger partial charge in [-0.2, -0.15) is 5.26 Å². The Bertz CT molecular complexity index is 961. The highest BCUT2D eigenvalue weighted by Crippen LogP contribution is 2.41. The first-order valence-electron chi connectivity index (χ1n) is 7.24. The molecule has 2 N–H and O–H groups in total. The summed E-state index contributed by atoms with van der Waals surface area (Å²) in [5, 5.41) is 10.6. The Balaban J connectivity index is 2.45. The zero-order valence-electron chi connectivity index (χ0n) is 12.8. The molecule has 0 radical (unpaired) electrons. The molecule has 0 aliphatic rings. The third-order valence-corrected chi connectivity index (χ3v) is 4.33. The number of nitrogen functional groups attached to an aromatic ring is 1. The molecule has 3 aromatic rings. The van der Waals surface area contributed by atoms with E-state index in [1.807, 2.05) is 37.3 Å². The molecule has 0 unspecified atom stereocenters. The lowest BCUT2D eigenvalue weighted by Crippen LogP contribution is -2.03. The van der Waals surface area contributed by atoms with Crippen LogP contribution in [0.2, 0.25) is 10.0 Å². The van der Waals surface area contributed by atoms with Crippen LogP contribution in [0, 0.1) is 18.3 Å². The van der Waals surface area contributed by atoms with Crippen LogP contribution in [0.25, 0.3) is 22.3 Å². The second kappa shape index (κ2) is 6.52. The molecule has 0 saturated carbocycles. The summed E-state index contributed by atoms with van der Waals surface area (Å²) >= 11 is 12.4. The van der Waals surface area contributed by atoms with Gasteiger partial charge in [0.1, 0.15) is 17.5 Å². The quantitative estimate of drug-likeness (QED) is 0.662. The highest BCUT2D eigenvalue weighted by molar-refractivity contribution is 6.36. The van der Waals surface area contributed by atoms with Gasteiger partial charge in [0, 0.05) is 32.4 Å². The van der Waals surface area contributed by atoms with Gasteiger partial charge in [-0.05, 0) is 24.6 Å². The fraction of sp³-hybridized carbons (Fsp3) is 0.0526. The van der Waals surface area contributed by atoms with Crippen LogP contribution in [0.15, 0.2) is 48.5 Å². The number of aromatic nitrogens is 1. The van der Waals surface area contributed by atoms with E-state index in [-0.39, 0.29) is 5.82 Å². The third kappa shape index (κ3) is 2.82. The Morgan fingerprint density at radius 3 is 2.38 bits per heavy atom. The predicted octanol–water partition coefficient (Wildman–Crippen LogP) is 5.48. The molecule has 0 atom stereocenters. The van der Waals surface area contributed by atoms with Gasteiger partial charge in [-0.1, -0.05) is 59.6 Å². The summed E-state index contributed by atoms with van der Waals surface area (Å²) < 4.78 is 0. The number of nitrogens with two attached hydrogens (primary N) is 1. The summed E-state index contributed by atoms with van der Waals surface area (Å²) in [6.45, 7) is 1.87. The van der Waals surface area contributed by atoms with Gasteiger partial charge in [0.15, 0.2) is 0 Å². The van der Waals surface area contributed by atoms with E-state index in [0.717, 1.165) is 16.8 Å². The molecule has 118 valence electrons. The summed E-state index contributed by atoms with van der Waals surface area (Å²) in [4.78, 5) is 4.34. The molecule has 1 aromatic heterocycles. The second-order valence-corrected chi connectivity index (χ2v) is 6.15. The third-order valence-electron chi connectivity index (χ3n) is 3.78. The first-order chi connectivity index (χ1) is 11.5. The normalized spacial score (nSPS) is 10.4. The van der Waals surface area contributed by atoms with Gasteiger partial charge < -0.3 is 5.73 Å². The van der Waals surface area contributed by atoms with E-state index in [1.54, 1.807) is 18.2 Å². The molecule has 3 nitrogen and oxygen atoms in total. The van der Waals surface area contributed by atoms with Gasteiger partial charge in [0.2, 0.25) is 0 Å². The average Bonchev–Trinajstić information content (AvgIpc) is 2.55. The summed E-state index contributed by atoms with van der Waals surface area (Å²) in [5.74, 6) is 0.190. The van der Waals surface area contributed by atoms with Gasteiger partial charge in [-0.25, -0.2) is 4.98 Å². The van der Waals surface area contributed by atoms with Crippen LogP contribution in [-0.2, 0) is 0 Å². The second-order valence-electron chi connectivity index (χ2n) is 5.31. The number of hydrogen-bond donors (Lipinski definition) is 1. The molecule has 0 aliphatic heterocycles. The first-order valence-corrected chi connectivity index (χ1v) is 7.99. The molecule has 0 saturated heterocycles. The molecule has 0 spiro atoms. The molecular formula is C19H13Cl2N3. The maximum Gasteiger partial charge on any atom is 0.142 e. The molecule has 5 heteroatoms.